The van der Waals surface area contributed by atoms with Gasteiger partial charge < -0.3 is 10.2 Å². The molecule has 5 heteroatoms. The number of rotatable bonds is 3. The molecule has 0 aliphatic carbocycles. The van der Waals surface area contributed by atoms with Gasteiger partial charge in [0, 0.05) is 18.8 Å². The van der Waals surface area contributed by atoms with E-state index in [4.69, 9.17) is 0 Å². The van der Waals surface area contributed by atoms with Crippen LogP contribution in [0.5, 0.6) is 0 Å². The van der Waals surface area contributed by atoms with Crippen molar-refractivity contribution in [2.45, 2.75) is 19.8 Å². The van der Waals surface area contributed by atoms with Crippen molar-refractivity contribution in [3.63, 3.8) is 0 Å². The highest BCUT2D eigenvalue weighted by molar-refractivity contribution is 6.03. The molecule has 3 rings (SSSR count). The normalized spacial score (nSPS) is 15.1. The molecular formula is C19H21N3O2. The zero-order valence-corrected chi connectivity index (χ0v) is 13.7. The summed E-state index contributed by atoms with van der Waals surface area (Å²) in [6.45, 7) is 3.71. The van der Waals surface area contributed by atoms with E-state index < -0.39 is 0 Å². The van der Waals surface area contributed by atoms with Gasteiger partial charge >= 0.3 is 0 Å². The van der Waals surface area contributed by atoms with Crippen LogP contribution >= 0.6 is 0 Å². The average molecular weight is 323 g/mol. The Morgan fingerprint density at radius 2 is 1.67 bits per heavy atom. The first-order chi connectivity index (χ1) is 11.6. The van der Waals surface area contributed by atoms with E-state index >= 15 is 0 Å². The van der Waals surface area contributed by atoms with Crippen LogP contribution in [0.25, 0.3) is 0 Å². The quantitative estimate of drug-likeness (QED) is 0.943. The van der Waals surface area contributed by atoms with Gasteiger partial charge in [-0.1, -0.05) is 31.2 Å². The van der Waals surface area contributed by atoms with E-state index in [9.17, 15) is 9.59 Å². The fourth-order valence-corrected chi connectivity index (χ4v) is 2.77. The maximum atomic E-state index is 12.6. The summed E-state index contributed by atoms with van der Waals surface area (Å²) in [5.74, 6) is 0.240. The second-order valence-corrected chi connectivity index (χ2v) is 6.20. The molecule has 1 aromatic heterocycles. The van der Waals surface area contributed by atoms with Crippen LogP contribution in [0, 0.1) is 5.92 Å². The molecule has 5 nitrogen and oxygen atoms in total. The van der Waals surface area contributed by atoms with Gasteiger partial charge in [-0.05, 0) is 43.0 Å². The number of hydrogen-bond donors (Lipinski definition) is 1. The zero-order chi connectivity index (χ0) is 16.9. The van der Waals surface area contributed by atoms with Crippen molar-refractivity contribution in [2.75, 3.05) is 18.4 Å². The Balaban J connectivity index is 1.71. The van der Waals surface area contributed by atoms with Gasteiger partial charge in [-0.15, -0.1) is 0 Å². The molecule has 1 aromatic carbocycles. The number of amides is 2. The van der Waals surface area contributed by atoms with E-state index in [1.165, 1.54) is 0 Å². The highest BCUT2D eigenvalue weighted by atomic mass is 16.2. The van der Waals surface area contributed by atoms with E-state index in [2.05, 4.69) is 17.2 Å². The van der Waals surface area contributed by atoms with Crippen LogP contribution in [0.15, 0.2) is 48.5 Å². The van der Waals surface area contributed by atoms with E-state index in [1.807, 2.05) is 35.2 Å². The van der Waals surface area contributed by atoms with Crippen LogP contribution in [-0.2, 0) is 0 Å². The third-order valence-electron chi connectivity index (χ3n) is 4.30. The molecule has 1 N–H and O–H groups in total. The minimum atomic E-state index is -0.317. The second-order valence-electron chi connectivity index (χ2n) is 6.20. The van der Waals surface area contributed by atoms with Crippen LogP contribution in [0.3, 0.4) is 0 Å². The summed E-state index contributed by atoms with van der Waals surface area (Å²) in [6.07, 6.45) is 2.03. The molecular weight excluding hydrogens is 302 g/mol. The Morgan fingerprint density at radius 3 is 2.38 bits per heavy atom. The minimum absolute atomic E-state index is 0.101. The van der Waals surface area contributed by atoms with Crippen LogP contribution in [0.1, 0.15) is 40.7 Å². The Bertz CT molecular complexity index is 722. The number of likely N-dealkylation sites (tertiary alicyclic amines) is 1. The summed E-state index contributed by atoms with van der Waals surface area (Å²) in [4.78, 5) is 31.0. The lowest BCUT2D eigenvalue weighted by molar-refractivity contribution is 0.0691. The third kappa shape index (κ3) is 3.79. The van der Waals surface area contributed by atoms with Crippen LogP contribution in [0.2, 0.25) is 0 Å². The van der Waals surface area contributed by atoms with Crippen molar-refractivity contribution in [3.8, 4) is 0 Å². The SMILES string of the molecule is CC1CCN(C(=O)c2cccc(C(=O)Nc3ccccc3)n2)CC1. The van der Waals surface area contributed by atoms with Gasteiger partial charge in [0.05, 0.1) is 0 Å². The first kappa shape index (κ1) is 16.2. The number of benzene rings is 1. The highest BCUT2D eigenvalue weighted by Gasteiger charge is 2.23. The first-order valence-corrected chi connectivity index (χ1v) is 8.26. The number of para-hydroxylation sites is 1. The third-order valence-corrected chi connectivity index (χ3v) is 4.30. The number of nitrogens with zero attached hydrogens (tertiary/aromatic N) is 2. The smallest absolute Gasteiger partial charge is 0.274 e. The molecule has 2 aromatic rings. The summed E-state index contributed by atoms with van der Waals surface area (Å²) in [7, 11) is 0. The van der Waals surface area contributed by atoms with Crippen molar-refractivity contribution < 1.29 is 9.59 Å². The topological polar surface area (TPSA) is 62.3 Å². The number of carbonyl (C=O) groups excluding carboxylic acids is 2. The van der Waals surface area contributed by atoms with E-state index in [1.54, 1.807) is 18.2 Å². The Morgan fingerprint density at radius 1 is 1.00 bits per heavy atom. The van der Waals surface area contributed by atoms with E-state index in [0.717, 1.165) is 25.9 Å². The molecule has 2 amide bonds. The molecule has 0 bridgehead atoms. The monoisotopic (exact) mass is 323 g/mol. The number of carbonyl (C=O) groups is 2. The summed E-state index contributed by atoms with van der Waals surface area (Å²) < 4.78 is 0. The van der Waals surface area contributed by atoms with E-state index in [-0.39, 0.29) is 17.5 Å². The maximum Gasteiger partial charge on any atom is 0.274 e. The Labute approximate surface area is 141 Å². The second kappa shape index (κ2) is 7.25. The van der Waals surface area contributed by atoms with Gasteiger partial charge in [-0.2, -0.15) is 0 Å². The fraction of sp³-hybridized carbons (Fsp3) is 0.316. The molecule has 1 aliphatic rings. The number of piperidine rings is 1. The predicted octanol–water partition coefficient (Wildman–Crippen LogP) is 3.21. The van der Waals surface area contributed by atoms with Gasteiger partial charge in [-0.25, -0.2) is 4.98 Å². The number of pyridine rings is 1. The van der Waals surface area contributed by atoms with Crippen LogP contribution in [-0.4, -0.2) is 34.8 Å². The number of nitrogens with one attached hydrogen (secondary N) is 1. The Kier molecular flexibility index (Phi) is 4.89. The van der Waals surface area contributed by atoms with Gasteiger partial charge in [0.2, 0.25) is 0 Å². The lowest BCUT2D eigenvalue weighted by Crippen LogP contribution is -2.38. The minimum Gasteiger partial charge on any atom is -0.337 e. The molecule has 0 unspecified atom stereocenters. The first-order valence-electron chi connectivity index (χ1n) is 8.26. The lowest BCUT2D eigenvalue weighted by Gasteiger charge is -2.30. The molecule has 1 aliphatic heterocycles. The van der Waals surface area contributed by atoms with Crippen molar-refractivity contribution >= 4 is 17.5 Å². The van der Waals surface area contributed by atoms with Gasteiger partial charge in [0.15, 0.2) is 0 Å². The molecule has 0 spiro atoms. The molecule has 0 atom stereocenters. The highest BCUT2D eigenvalue weighted by Crippen LogP contribution is 2.18. The standard InChI is InChI=1S/C19H21N3O2/c1-14-10-12-22(13-11-14)19(24)17-9-5-8-16(21-17)18(23)20-15-6-3-2-4-7-15/h2-9,14H,10-13H2,1H3,(H,20,23). The van der Waals surface area contributed by atoms with Crippen LogP contribution < -0.4 is 5.32 Å². The van der Waals surface area contributed by atoms with Crippen molar-refractivity contribution in [1.29, 1.82) is 0 Å². The van der Waals surface area contributed by atoms with Crippen molar-refractivity contribution in [3.05, 3.63) is 59.9 Å². The van der Waals surface area contributed by atoms with Gasteiger partial charge in [0.1, 0.15) is 11.4 Å². The molecule has 124 valence electrons. The molecule has 1 fully saturated rings. The summed E-state index contributed by atoms with van der Waals surface area (Å²) >= 11 is 0. The number of anilines is 1. The summed E-state index contributed by atoms with van der Waals surface area (Å²) in [6, 6.07) is 14.2. The summed E-state index contributed by atoms with van der Waals surface area (Å²) in [5.41, 5.74) is 1.27. The van der Waals surface area contributed by atoms with Crippen molar-refractivity contribution in [2.24, 2.45) is 5.92 Å². The van der Waals surface area contributed by atoms with Gasteiger partial charge in [0.25, 0.3) is 11.8 Å². The zero-order valence-electron chi connectivity index (χ0n) is 13.7. The van der Waals surface area contributed by atoms with Gasteiger partial charge in [-0.3, -0.25) is 9.59 Å². The van der Waals surface area contributed by atoms with E-state index in [0.29, 0.717) is 17.3 Å². The predicted molar refractivity (Wildman–Crippen MR) is 92.9 cm³/mol. The lowest BCUT2D eigenvalue weighted by atomic mass is 9.99. The largest absolute Gasteiger partial charge is 0.337 e. The average Bonchev–Trinajstić information content (AvgIpc) is 2.63. The molecule has 1 saturated heterocycles. The number of hydrogen-bond acceptors (Lipinski definition) is 3. The molecule has 24 heavy (non-hydrogen) atoms. The molecule has 2 heterocycles. The van der Waals surface area contributed by atoms with Crippen LogP contribution in [0.4, 0.5) is 5.69 Å². The fourth-order valence-electron chi connectivity index (χ4n) is 2.77. The molecule has 0 radical (unpaired) electrons. The maximum absolute atomic E-state index is 12.6. The van der Waals surface area contributed by atoms with Crippen molar-refractivity contribution in [1.82, 2.24) is 9.88 Å². The molecule has 0 saturated carbocycles. The Hall–Kier alpha value is -2.69. The number of aromatic nitrogens is 1. The summed E-state index contributed by atoms with van der Waals surface area (Å²) in [5, 5.41) is 2.78.